The molecule has 0 aliphatic carbocycles. The van der Waals surface area contributed by atoms with Crippen LogP contribution in [0.1, 0.15) is 11.1 Å². The van der Waals surface area contributed by atoms with Crippen LogP contribution in [-0.2, 0) is 10.7 Å². The summed E-state index contributed by atoms with van der Waals surface area (Å²) < 4.78 is 106. The minimum absolute atomic E-state index is 0.234. The number of ether oxygens (including phenoxy) is 1. The fourth-order valence-electron chi connectivity index (χ4n) is 1.98. The van der Waals surface area contributed by atoms with Gasteiger partial charge < -0.3 is 9.84 Å². The average molecular weight is 362 g/mol. The van der Waals surface area contributed by atoms with Crippen molar-refractivity contribution >= 4 is 12.0 Å². The number of carbonyl (C=O) groups is 1. The van der Waals surface area contributed by atoms with E-state index in [0.29, 0.717) is 12.1 Å². The molecule has 0 unspecified atom stereocenters. The van der Waals surface area contributed by atoms with Gasteiger partial charge in [0.25, 0.3) is 0 Å². The highest BCUT2D eigenvalue weighted by molar-refractivity contribution is 5.95. The Labute approximate surface area is 128 Å². The second kappa shape index (κ2) is 5.35. The normalized spacial score (nSPS) is 18.5. The molecule has 1 aromatic carbocycles. The number of rotatable bonds is 2. The summed E-state index contributed by atoms with van der Waals surface area (Å²) >= 11 is 0. The Morgan fingerprint density at radius 2 is 1.62 bits per heavy atom. The minimum Gasteiger partial charge on any atom is -0.478 e. The Morgan fingerprint density at radius 3 is 2.08 bits per heavy atom. The zero-order valence-electron chi connectivity index (χ0n) is 11.2. The fraction of sp³-hybridized carbons (Fsp3) is 0.308. The third-order valence-electron chi connectivity index (χ3n) is 3.11. The number of aliphatic carboxylic acids is 1. The molecule has 0 amide bonds. The maximum atomic E-state index is 13.3. The Bertz CT molecular complexity index is 702. The molecular weight excluding hydrogens is 356 g/mol. The van der Waals surface area contributed by atoms with Gasteiger partial charge in [-0.05, 0) is 24.3 Å². The second-order valence-corrected chi connectivity index (χ2v) is 4.77. The van der Waals surface area contributed by atoms with E-state index in [9.17, 15) is 39.9 Å². The fourth-order valence-corrected chi connectivity index (χ4v) is 1.98. The minimum atomic E-state index is -5.93. The number of fused-ring (bicyclic) bond motifs is 1. The summed E-state index contributed by atoms with van der Waals surface area (Å²) in [5.74, 6) is -7.97. The van der Waals surface area contributed by atoms with Crippen LogP contribution in [0.5, 0.6) is 5.75 Å². The second-order valence-electron chi connectivity index (χ2n) is 4.77. The predicted molar refractivity (Wildman–Crippen MR) is 62.5 cm³/mol. The summed E-state index contributed by atoms with van der Waals surface area (Å²) in [4.78, 5) is 10.9. The van der Waals surface area contributed by atoms with Crippen molar-refractivity contribution in [2.45, 2.75) is 24.4 Å². The summed E-state index contributed by atoms with van der Waals surface area (Å²) in [7, 11) is 0. The monoisotopic (exact) mass is 362 g/mol. The van der Waals surface area contributed by atoms with Crippen LogP contribution in [-0.4, -0.2) is 29.5 Å². The number of alkyl halides is 8. The van der Waals surface area contributed by atoms with Crippen LogP contribution in [0.15, 0.2) is 23.8 Å². The summed E-state index contributed by atoms with van der Waals surface area (Å²) in [6.45, 7) is 0. The molecule has 0 saturated carbocycles. The molecule has 1 atom stereocenters. The molecule has 24 heavy (non-hydrogen) atoms. The van der Waals surface area contributed by atoms with E-state index in [2.05, 4.69) is 4.74 Å². The van der Waals surface area contributed by atoms with Crippen molar-refractivity contribution in [1.29, 1.82) is 0 Å². The third-order valence-corrected chi connectivity index (χ3v) is 3.11. The van der Waals surface area contributed by atoms with Gasteiger partial charge in [0.2, 0.25) is 6.10 Å². The molecule has 0 bridgehead atoms. The van der Waals surface area contributed by atoms with E-state index >= 15 is 0 Å². The first kappa shape index (κ1) is 18.0. The van der Waals surface area contributed by atoms with Crippen LogP contribution in [0.3, 0.4) is 0 Å². The highest BCUT2D eigenvalue weighted by Gasteiger charge is 2.59. The number of hydrogen-bond donors (Lipinski definition) is 1. The first-order chi connectivity index (χ1) is 10.7. The topological polar surface area (TPSA) is 46.5 Å². The zero-order valence-corrected chi connectivity index (χ0v) is 11.2. The van der Waals surface area contributed by atoms with Gasteiger partial charge in [0.15, 0.2) is 0 Å². The van der Waals surface area contributed by atoms with Crippen LogP contribution < -0.4 is 4.74 Å². The molecule has 0 spiro atoms. The van der Waals surface area contributed by atoms with E-state index in [1.807, 2.05) is 0 Å². The van der Waals surface area contributed by atoms with Gasteiger partial charge in [-0.1, -0.05) is 0 Å². The van der Waals surface area contributed by atoms with Crippen molar-refractivity contribution in [2.24, 2.45) is 0 Å². The van der Waals surface area contributed by atoms with E-state index < -0.39 is 52.8 Å². The van der Waals surface area contributed by atoms with Crippen molar-refractivity contribution in [2.75, 3.05) is 0 Å². The molecule has 1 heterocycles. The van der Waals surface area contributed by atoms with Crippen molar-refractivity contribution in [1.82, 2.24) is 0 Å². The summed E-state index contributed by atoms with van der Waals surface area (Å²) in [6.07, 6.45) is -13.5. The molecule has 1 N–H and O–H groups in total. The average Bonchev–Trinajstić information content (AvgIpc) is 2.42. The molecule has 1 aliphatic rings. The van der Waals surface area contributed by atoms with E-state index in [4.69, 9.17) is 5.11 Å². The maximum Gasteiger partial charge on any atom is 0.458 e. The van der Waals surface area contributed by atoms with Gasteiger partial charge in [-0.3, -0.25) is 0 Å². The lowest BCUT2D eigenvalue weighted by Gasteiger charge is -2.28. The molecule has 0 aromatic heterocycles. The Morgan fingerprint density at radius 1 is 1.04 bits per heavy atom. The number of hydrogen-bond acceptors (Lipinski definition) is 2. The standard InChI is InChI=1S/C13H6F8O3/c14-11(15,13(19,20)21)6-1-2-8-5(3-6)4-7(10(22)23)9(24-8)12(16,17)18/h1-4,9H,(H,22,23)/t9-/m0/s1. The highest BCUT2D eigenvalue weighted by atomic mass is 19.4. The van der Waals surface area contributed by atoms with E-state index in [1.165, 1.54) is 0 Å². The molecule has 0 saturated heterocycles. The highest BCUT2D eigenvalue weighted by Crippen LogP contribution is 2.46. The molecule has 1 aliphatic heterocycles. The van der Waals surface area contributed by atoms with Gasteiger partial charge in [-0.15, -0.1) is 0 Å². The number of halogens is 8. The van der Waals surface area contributed by atoms with Gasteiger partial charge in [0.05, 0.1) is 5.57 Å². The molecule has 1 aromatic rings. The van der Waals surface area contributed by atoms with Crippen molar-refractivity contribution in [3.05, 3.63) is 34.9 Å². The van der Waals surface area contributed by atoms with Gasteiger partial charge in [0.1, 0.15) is 5.75 Å². The van der Waals surface area contributed by atoms with Gasteiger partial charge in [-0.2, -0.15) is 35.1 Å². The molecule has 132 valence electrons. The van der Waals surface area contributed by atoms with Crippen LogP contribution in [0.2, 0.25) is 0 Å². The SMILES string of the molecule is O=C(O)C1=Cc2cc(C(F)(F)C(F)(F)F)ccc2O[C@@H]1C(F)(F)F. The van der Waals surface area contributed by atoms with Crippen LogP contribution in [0.25, 0.3) is 6.08 Å². The smallest absolute Gasteiger partial charge is 0.458 e. The first-order valence-corrected chi connectivity index (χ1v) is 6.02. The Balaban J connectivity index is 2.56. The molecule has 11 heteroatoms. The third kappa shape index (κ3) is 3.02. The number of carboxylic acids is 1. The van der Waals surface area contributed by atoms with Crippen molar-refractivity contribution in [3.63, 3.8) is 0 Å². The van der Waals surface area contributed by atoms with E-state index in [0.717, 1.165) is 0 Å². The van der Waals surface area contributed by atoms with Gasteiger partial charge in [-0.25, -0.2) is 4.79 Å². The van der Waals surface area contributed by atoms with Crippen molar-refractivity contribution < 1.29 is 49.8 Å². The van der Waals surface area contributed by atoms with Crippen molar-refractivity contribution in [3.8, 4) is 5.75 Å². The lowest BCUT2D eigenvalue weighted by atomic mass is 9.97. The summed E-state index contributed by atoms with van der Waals surface area (Å²) in [5.41, 5.74) is -3.51. The lowest BCUT2D eigenvalue weighted by molar-refractivity contribution is -0.289. The molecule has 2 rings (SSSR count). The predicted octanol–water partition coefficient (Wildman–Crippen LogP) is 4.13. The lowest BCUT2D eigenvalue weighted by Crippen LogP contribution is -2.40. The van der Waals surface area contributed by atoms with Crippen LogP contribution in [0.4, 0.5) is 35.1 Å². The molecule has 0 radical (unpaired) electrons. The number of benzene rings is 1. The van der Waals surface area contributed by atoms with Crippen LogP contribution in [0, 0.1) is 0 Å². The summed E-state index contributed by atoms with van der Waals surface area (Å²) in [5, 5.41) is 8.78. The molecule has 0 fully saturated rings. The quantitative estimate of drug-likeness (QED) is 0.805. The maximum absolute atomic E-state index is 13.3. The molecular formula is C13H6F8O3. The number of carboxylic acid groups (broad SMARTS) is 1. The van der Waals surface area contributed by atoms with Gasteiger partial charge >= 0.3 is 24.2 Å². The largest absolute Gasteiger partial charge is 0.478 e. The van der Waals surface area contributed by atoms with Gasteiger partial charge in [0, 0.05) is 11.1 Å². The van der Waals surface area contributed by atoms with E-state index in [1.54, 1.807) is 0 Å². The molecule has 3 nitrogen and oxygen atoms in total. The van der Waals surface area contributed by atoms with E-state index in [-0.39, 0.29) is 12.1 Å². The first-order valence-electron chi connectivity index (χ1n) is 6.02. The Hall–Kier alpha value is -2.33. The Kier molecular flexibility index (Phi) is 4.01. The zero-order chi connectivity index (χ0) is 18.5. The van der Waals surface area contributed by atoms with Crippen LogP contribution >= 0.6 is 0 Å². The summed E-state index contributed by atoms with van der Waals surface area (Å²) in [6, 6.07) is 0.996.